The van der Waals surface area contributed by atoms with Crippen LogP contribution >= 0.6 is 27.7 Å². The normalized spacial score (nSPS) is 16.9. The maximum absolute atomic E-state index is 13.8. The van der Waals surface area contributed by atoms with E-state index in [1.54, 1.807) is 6.07 Å². The van der Waals surface area contributed by atoms with Gasteiger partial charge in [0.15, 0.2) is 5.16 Å². The van der Waals surface area contributed by atoms with Crippen molar-refractivity contribution in [2.75, 3.05) is 11.1 Å². The molecule has 22 heavy (non-hydrogen) atoms. The SMILES string of the molecule is O=C(Nc1ccc(Br)cc1F)C1CSc2nccc(=O)n2C1. The van der Waals surface area contributed by atoms with Crippen molar-refractivity contribution in [3.8, 4) is 0 Å². The molecule has 1 amide bonds. The lowest BCUT2D eigenvalue weighted by Gasteiger charge is -2.23. The molecule has 1 aromatic heterocycles. The van der Waals surface area contributed by atoms with Gasteiger partial charge < -0.3 is 5.32 Å². The summed E-state index contributed by atoms with van der Waals surface area (Å²) in [5.74, 6) is -0.733. The molecule has 0 fully saturated rings. The van der Waals surface area contributed by atoms with E-state index in [0.717, 1.165) is 0 Å². The Hall–Kier alpha value is -1.67. The van der Waals surface area contributed by atoms with Crippen molar-refractivity contribution in [1.82, 2.24) is 9.55 Å². The molecule has 5 nitrogen and oxygen atoms in total. The number of nitrogens with one attached hydrogen (secondary N) is 1. The average Bonchev–Trinajstić information content (AvgIpc) is 2.50. The smallest absolute Gasteiger partial charge is 0.254 e. The standard InChI is InChI=1S/C14H11BrFN3O2S/c15-9-1-2-11(10(16)5-9)18-13(21)8-6-19-12(20)3-4-17-14(19)22-7-8/h1-5,8H,6-7H2,(H,18,21). The number of halogens is 2. The lowest BCUT2D eigenvalue weighted by molar-refractivity contribution is -0.119. The molecule has 1 aromatic carbocycles. The van der Waals surface area contributed by atoms with Crippen LogP contribution in [-0.4, -0.2) is 21.2 Å². The van der Waals surface area contributed by atoms with Gasteiger partial charge in [-0.1, -0.05) is 27.7 Å². The van der Waals surface area contributed by atoms with E-state index in [1.807, 2.05) is 0 Å². The van der Waals surface area contributed by atoms with Gasteiger partial charge in [-0.05, 0) is 18.2 Å². The predicted molar refractivity (Wildman–Crippen MR) is 85.4 cm³/mol. The second kappa shape index (κ2) is 6.21. The zero-order chi connectivity index (χ0) is 15.7. The van der Waals surface area contributed by atoms with Gasteiger partial charge in [-0.25, -0.2) is 9.37 Å². The molecule has 3 rings (SSSR count). The first-order valence-electron chi connectivity index (χ1n) is 6.49. The van der Waals surface area contributed by atoms with Gasteiger partial charge in [0.1, 0.15) is 5.82 Å². The Kier molecular flexibility index (Phi) is 4.30. The molecule has 1 N–H and O–H groups in total. The Bertz CT molecular complexity index is 796. The minimum absolute atomic E-state index is 0.127. The van der Waals surface area contributed by atoms with E-state index in [1.165, 1.54) is 40.7 Å². The number of hydrogen-bond donors (Lipinski definition) is 1. The van der Waals surface area contributed by atoms with Crippen LogP contribution < -0.4 is 10.9 Å². The van der Waals surface area contributed by atoms with Gasteiger partial charge in [-0.3, -0.25) is 14.2 Å². The molecule has 1 unspecified atom stereocenters. The average molecular weight is 384 g/mol. The van der Waals surface area contributed by atoms with E-state index >= 15 is 0 Å². The molecule has 0 saturated heterocycles. The van der Waals surface area contributed by atoms with Crippen molar-refractivity contribution in [3.05, 3.63) is 51.1 Å². The summed E-state index contributed by atoms with van der Waals surface area (Å²) in [4.78, 5) is 28.2. The maximum atomic E-state index is 13.8. The van der Waals surface area contributed by atoms with Crippen molar-refractivity contribution in [1.29, 1.82) is 0 Å². The third kappa shape index (κ3) is 3.07. The number of carbonyl (C=O) groups is 1. The lowest BCUT2D eigenvalue weighted by Crippen LogP contribution is -2.36. The Morgan fingerprint density at radius 3 is 3.05 bits per heavy atom. The maximum Gasteiger partial charge on any atom is 0.254 e. The molecule has 2 heterocycles. The number of benzene rings is 1. The zero-order valence-corrected chi connectivity index (χ0v) is 13.7. The molecule has 1 atom stereocenters. The van der Waals surface area contributed by atoms with Gasteiger partial charge >= 0.3 is 0 Å². The monoisotopic (exact) mass is 383 g/mol. The minimum Gasteiger partial charge on any atom is -0.323 e. The fraction of sp³-hybridized carbons (Fsp3) is 0.214. The molecule has 0 bridgehead atoms. The Labute approximate surface area is 138 Å². The summed E-state index contributed by atoms with van der Waals surface area (Å²) in [6.07, 6.45) is 1.46. The highest BCUT2D eigenvalue weighted by molar-refractivity contribution is 9.10. The number of thioether (sulfide) groups is 1. The second-order valence-electron chi connectivity index (χ2n) is 4.80. The number of carbonyl (C=O) groups excluding carboxylic acids is 1. The van der Waals surface area contributed by atoms with Gasteiger partial charge in [-0.15, -0.1) is 0 Å². The van der Waals surface area contributed by atoms with Crippen LogP contribution in [0.1, 0.15) is 0 Å². The van der Waals surface area contributed by atoms with E-state index in [2.05, 4.69) is 26.2 Å². The Morgan fingerprint density at radius 1 is 1.45 bits per heavy atom. The highest BCUT2D eigenvalue weighted by atomic mass is 79.9. The largest absolute Gasteiger partial charge is 0.323 e. The first kappa shape index (κ1) is 15.2. The van der Waals surface area contributed by atoms with E-state index in [9.17, 15) is 14.0 Å². The molecule has 0 saturated carbocycles. The van der Waals surface area contributed by atoms with Crippen molar-refractivity contribution >= 4 is 39.3 Å². The molecule has 114 valence electrons. The molecule has 8 heteroatoms. The van der Waals surface area contributed by atoms with Gasteiger partial charge in [0.2, 0.25) is 5.91 Å². The van der Waals surface area contributed by atoms with Crippen molar-refractivity contribution < 1.29 is 9.18 Å². The van der Waals surface area contributed by atoms with Gasteiger partial charge in [0.25, 0.3) is 5.56 Å². The molecule has 0 radical (unpaired) electrons. The summed E-state index contributed by atoms with van der Waals surface area (Å²) in [7, 11) is 0. The summed E-state index contributed by atoms with van der Waals surface area (Å²) in [6, 6.07) is 5.79. The zero-order valence-electron chi connectivity index (χ0n) is 11.3. The van der Waals surface area contributed by atoms with Crippen molar-refractivity contribution in [2.45, 2.75) is 11.7 Å². The molecule has 2 aromatic rings. The van der Waals surface area contributed by atoms with E-state index < -0.39 is 11.7 Å². The van der Waals surface area contributed by atoms with Gasteiger partial charge in [0, 0.05) is 29.0 Å². The molecule has 1 aliphatic heterocycles. The van der Waals surface area contributed by atoms with Gasteiger partial charge in [-0.2, -0.15) is 0 Å². The van der Waals surface area contributed by atoms with Crippen LogP contribution in [0.3, 0.4) is 0 Å². The van der Waals surface area contributed by atoms with Crippen LogP contribution in [-0.2, 0) is 11.3 Å². The van der Waals surface area contributed by atoms with Crippen LogP contribution in [0.15, 0.2) is 44.9 Å². The van der Waals surface area contributed by atoms with Crippen LogP contribution in [0, 0.1) is 11.7 Å². The number of fused-ring (bicyclic) bond motifs is 1. The Morgan fingerprint density at radius 2 is 2.27 bits per heavy atom. The minimum atomic E-state index is -0.509. The predicted octanol–water partition coefficient (Wildman–Crippen LogP) is 2.51. The molecular weight excluding hydrogens is 373 g/mol. The number of rotatable bonds is 2. The van der Waals surface area contributed by atoms with Crippen LogP contribution in [0.25, 0.3) is 0 Å². The summed E-state index contributed by atoms with van der Waals surface area (Å²) < 4.78 is 15.8. The number of anilines is 1. The molecule has 1 aliphatic rings. The molecular formula is C14H11BrFN3O2S. The Balaban J connectivity index is 1.77. The number of amides is 1. The highest BCUT2D eigenvalue weighted by Crippen LogP contribution is 2.26. The topological polar surface area (TPSA) is 64.0 Å². The fourth-order valence-corrected chi connectivity index (χ4v) is 3.53. The quantitative estimate of drug-likeness (QED) is 0.809. The van der Waals surface area contributed by atoms with Crippen molar-refractivity contribution in [2.24, 2.45) is 5.92 Å². The summed E-state index contributed by atoms with van der Waals surface area (Å²) >= 11 is 4.51. The van der Waals surface area contributed by atoms with E-state index in [4.69, 9.17) is 0 Å². The number of hydrogen-bond acceptors (Lipinski definition) is 4. The number of aromatic nitrogens is 2. The summed E-state index contributed by atoms with van der Waals surface area (Å²) in [5, 5.41) is 3.18. The van der Waals surface area contributed by atoms with Crippen molar-refractivity contribution in [3.63, 3.8) is 0 Å². The second-order valence-corrected chi connectivity index (χ2v) is 6.70. The van der Waals surface area contributed by atoms with Gasteiger partial charge in [0.05, 0.1) is 11.6 Å². The van der Waals surface area contributed by atoms with Crippen LogP contribution in [0.5, 0.6) is 0 Å². The molecule has 0 aliphatic carbocycles. The van der Waals surface area contributed by atoms with Crippen LogP contribution in [0.4, 0.5) is 10.1 Å². The van der Waals surface area contributed by atoms with E-state index in [-0.39, 0.29) is 23.7 Å². The highest BCUT2D eigenvalue weighted by Gasteiger charge is 2.26. The fourth-order valence-electron chi connectivity index (χ4n) is 2.13. The van der Waals surface area contributed by atoms with Crippen LogP contribution in [0.2, 0.25) is 0 Å². The summed E-state index contributed by atoms with van der Waals surface area (Å²) in [5.41, 5.74) is -0.0626. The molecule has 0 spiro atoms. The number of nitrogens with zero attached hydrogens (tertiary/aromatic N) is 2. The first-order valence-corrected chi connectivity index (χ1v) is 8.27. The van der Waals surface area contributed by atoms with E-state index in [0.29, 0.717) is 15.4 Å². The lowest BCUT2D eigenvalue weighted by atomic mass is 10.1. The first-order chi connectivity index (χ1) is 10.5. The third-order valence-corrected chi connectivity index (χ3v) is 4.92. The third-order valence-electron chi connectivity index (χ3n) is 3.28. The summed E-state index contributed by atoms with van der Waals surface area (Å²) in [6.45, 7) is 0.249.